The first-order valence-electron chi connectivity index (χ1n) is 5.28. The minimum atomic E-state index is -2.16. The monoisotopic (exact) mass is 233 g/mol. The maximum atomic E-state index is 12.2. The van der Waals surface area contributed by atoms with Crippen molar-refractivity contribution < 1.29 is 19.8 Å². The normalized spacial score (nSPS) is 35.1. The number of likely N-dealkylation sites (N-methyl/N-ethyl adjacent to an activating group) is 1. The summed E-state index contributed by atoms with van der Waals surface area (Å²) in [5.74, 6) is -1.07. The van der Waals surface area contributed by atoms with Gasteiger partial charge in [0.05, 0.1) is 6.42 Å². The summed E-state index contributed by atoms with van der Waals surface area (Å²) in [7, 11) is 1.32. The largest absolute Gasteiger partial charge is 0.379 e. The van der Waals surface area contributed by atoms with E-state index in [-0.39, 0.29) is 12.0 Å². The van der Waals surface area contributed by atoms with Crippen LogP contribution in [0.5, 0.6) is 0 Å². The van der Waals surface area contributed by atoms with Crippen LogP contribution in [0.3, 0.4) is 0 Å². The molecule has 0 saturated carbocycles. The number of benzene rings is 1. The minimum absolute atomic E-state index is 0.275. The molecular weight excluding hydrogens is 222 g/mol. The lowest BCUT2D eigenvalue weighted by Gasteiger charge is -2.33. The summed E-state index contributed by atoms with van der Waals surface area (Å²) in [5, 5.41) is 20.9. The molecule has 1 aromatic carbocycles. The molecule has 2 aliphatic rings. The third-order valence-corrected chi connectivity index (χ3v) is 3.78. The average molecular weight is 233 g/mol. The quantitative estimate of drug-likeness (QED) is 0.640. The van der Waals surface area contributed by atoms with Gasteiger partial charge in [0.2, 0.25) is 17.4 Å². The van der Waals surface area contributed by atoms with E-state index in [1.165, 1.54) is 7.05 Å². The number of hydrogen-bond donors (Lipinski definition) is 2. The van der Waals surface area contributed by atoms with Crippen LogP contribution in [0.15, 0.2) is 24.3 Å². The SMILES string of the molecule is CN1C(=O)C[C@@]2(O)c3ccccc3C(=O)[C@@]12O. The van der Waals surface area contributed by atoms with E-state index in [0.717, 1.165) is 4.90 Å². The Balaban J connectivity index is 2.33. The molecule has 2 N–H and O–H groups in total. The number of Topliss-reactive ketones (excluding diaryl/α,β-unsaturated/α-hetero) is 1. The first-order chi connectivity index (χ1) is 7.93. The molecule has 5 heteroatoms. The van der Waals surface area contributed by atoms with Crippen molar-refractivity contribution in [2.45, 2.75) is 17.7 Å². The third kappa shape index (κ3) is 0.887. The van der Waals surface area contributed by atoms with Gasteiger partial charge in [-0.2, -0.15) is 0 Å². The van der Waals surface area contributed by atoms with E-state index < -0.39 is 23.0 Å². The van der Waals surface area contributed by atoms with Crippen LogP contribution in [0.1, 0.15) is 22.3 Å². The van der Waals surface area contributed by atoms with Crippen molar-refractivity contribution in [1.82, 2.24) is 4.90 Å². The number of fused-ring (bicyclic) bond motifs is 3. The number of likely N-dealkylation sites (tertiary alicyclic amines) is 1. The van der Waals surface area contributed by atoms with Crippen LogP contribution in [-0.4, -0.2) is 39.6 Å². The standard InChI is InChI=1S/C12H11NO4/c1-13-9(14)6-11(16)8-5-3-2-4-7(8)10(15)12(11,13)17/h2-5,16-17H,6H2,1H3/t11-,12+/m1/s1. The second kappa shape index (κ2) is 2.75. The van der Waals surface area contributed by atoms with Gasteiger partial charge in [-0.1, -0.05) is 24.3 Å². The summed E-state index contributed by atoms with van der Waals surface area (Å²) >= 11 is 0. The number of carbonyl (C=O) groups excluding carboxylic acids is 2. The number of aliphatic hydroxyl groups is 2. The first-order valence-corrected chi connectivity index (χ1v) is 5.28. The maximum absolute atomic E-state index is 12.2. The zero-order valence-electron chi connectivity index (χ0n) is 9.17. The Morgan fingerprint density at radius 2 is 1.88 bits per heavy atom. The number of hydrogen-bond acceptors (Lipinski definition) is 4. The van der Waals surface area contributed by atoms with Gasteiger partial charge in [-0.25, -0.2) is 0 Å². The number of amides is 1. The van der Waals surface area contributed by atoms with Crippen molar-refractivity contribution >= 4 is 11.7 Å². The Kier molecular flexibility index (Phi) is 1.69. The highest BCUT2D eigenvalue weighted by molar-refractivity contribution is 6.12. The Morgan fingerprint density at radius 1 is 1.24 bits per heavy atom. The van der Waals surface area contributed by atoms with Crippen molar-refractivity contribution in [3.8, 4) is 0 Å². The summed E-state index contributed by atoms with van der Waals surface area (Å²) in [6, 6.07) is 6.44. The van der Waals surface area contributed by atoms with Gasteiger partial charge in [-0.3, -0.25) is 9.59 Å². The van der Waals surface area contributed by atoms with Crippen LogP contribution < -0.4 is 0 Å². The Labute approximate surface area is 97.3 Å². The smallest absolute Gasteiger partial charge is 0.239 e. The van der Waals surface area contributed by atoms with Crippen LogP contribution in [0.4, 0.5) is 0 Å². The number of rotatable bonds is 0. The topological polar surface area (TPSA) is 77.8 Å². The highest BCUT2D eigenvalue weighted by Gasteiger charge is 2.70. The molecule has 0 bridgehead atoms. The highest BCUT2D eigenvalue weighted by Crippen LogP contribution is 2.51. The van der Waals surface area contributed by atoms with E-state index in [0.29, 0.717) is 5.56 Å². The maximum Gasteiger partial charge on any atom is 0.239 e. The van der Waals surface area contributed by atoms with E-state index in [1.807, 2.05) is 0 Å². The summed E-state index contributed by atoms with van der Waals surface area (Å²) in [5.41, 5.74) is -3.39. The predicted molar refractivity (Wildman–Crippen MR) is 57.0 cm³/mol. The molecule has 0 aromatic heterocycles. The van der Waals surface area contributed by atoms with Crippen molar-refractivity contribution in [1.29, 1.82) is 0 Å². The first kappa shape index (κ1) is 10.4. The van der Waals surface area contributed by atoms with Crippen LogP contribution in [0.2, 0.25) is 0 Å². The molecule has 1 amide bonds. The summed E-state index contributed by atoms with van der Waals surface area (Å²) in [6.07, 6.45) is -0.275. The molecule has 1 saturated heterocycles. The Hall–Kier alpha value is -1.72. The zero-order chi connectivity index (χ0) is 12.4. The second-order valence-electron chi connectivity index (χ2n) is 4.54. The van der Waals surface area contributed by atoms with Crippen molar-refractivity contribution in [2.75, 3.05) is 7.05 Å². The van der Waals surface area contributed by atoms with Gasteiger partial charge < -0.3 is 15.1 Å². The molecule has 1 aromatic rings. The molecule has 88 valence electrons. The fourth-order valence-corrected chi connectivity index (χ4v) is 2.77. The van der Waals surface area contributed by atoms with Crippen LogP contribution in [0, 0.1) is 0 Å². The van der Waals surface area contributed by atoms with Gasteiger partial charge >= 0.3 is 0 Å². The number of ketones is 1. The minimum Gasteiger partial charge on any atom is -0.379 e. The third-order valence-electron chi connectivity index (χ3n) is 3.78. The van der Waals surface area contributed by atoms with Gasteiger partial charge in [0, 0.05) is 18.2 Å². The molecule has 3 rings (SSSR count). The van der Waals surface area contributed by atoms with E-state index in [2.05, 4.69) is 0 Å². The second-order valence-corrected chi connectivity index (χ2v) is 4.54. The van der Waals surface area contributed by atoms with E-state index in [4.69, 9.17) is 0 Å². The molecule has 1 aliphatic carbocycles. The van der Waals surface area contributed by atoms with Crippen molar-refractivity contribution in [3.63, 3.8) is 0 Å². The van der Waals surface area contributed by atoms with Crippen LogP contribution in [-0.2, 0) is 10.4 Å². The summed E-state index contributed by atoms with van der Waals surface area (Å²) in [6.45, 7) is 0. The molecule has 17 heavy (non-hydrogen) atoms. The fraction of sp³-hybridized carbons (Fsp3) is 0.333. The molecule has 5 nitrogen and oxygen atoms in total. The molecule has 1 fully saturated rings. The molecule has 0 radical (unpaired) electrons. The Morgan fingerprint density at radius 3 is 2.59 bits per heavy atom. The van der Waals surface area contributed by atoms with E-state index >= 15 is 0 Å². The van der Waals surface area contributed by atoms with Gasteiger partial charge in [0.15, 0.2) is 5.60 Å². The van der Waals surface area contributed by atoms with Crippen molar-refractivity contribution in [3.05, 3.63) is 35.4 Å². The van der Waals surface area contributed by atoms with Gasteiger partial charge in [-0.05, 0) is 0 Å². The molecular formula is C12H11NO4. The molecule has 0 unspecified atom stereocenters. The number of nitrogens with zero attached hydrogens (tertiary/aromatic N) is 1. The highest BCUT2D eigenvalue weighted by atomic mass is 16.4. The lowest BCUT2D eigenvalue weighted by Crippen LogP contribution is -2.56. The Bertz CT molecular complexity index is 555. The van der Waals surface area contributed by atoms with E-state index in [1.54, 1.807) is 24.3 Å². The fourth-order valence-electron chi connectivity index (χ4n) is 2.77. The zero-order valence-corrected chi connectivity index (χ0v) is 9.17. The van der Waals surface area contributed by atoms with Crippen LogP contribution >= 0.6 is 0 Å². The van der Waals surface area contributed by atoms with Crippen molar-refractivity contribution in [2.24, 2.45) is 0 Å². The lowest BCUT2D eigenvalue weighted by molar-refractivity contribution is -0.160. The van der Waals surface area contributed by atoms with Gasteiger partial charge in [0.1, 0.15) is 0 Å². The van der Waals surface area contributed by atoms with E-state index in [9.17, 15) is 19.8 Å². The van der Waals surface area contributed by atoms with Gasteiger partial charge in [-0.15, -0.1) is 0 Å². The molecule has 0 spiro atoms. The number of carbonyl (C=O) groups is 2. The molecule has 1 aliphatic heterocycles. The predicted octanol–water partition coefficient (Wildman–Crippen LogP) is -0.379. The molecule has 2 atom stereocenters. The van der Waals surface area contributed by atoms with Gasteiger partial charge in [0.25, 0.3) is 0 Å². The molecule has 1 heterocycles. The van der Waals surface area contributed by atoms with Crippen LogP contribution in [0.25, 0.3) is 0 Å². The average Bonchev–Trinajstić information content (AvgIpc) is 2.60. The summed E-state index contributed by atoms with van der Waals surface area (Å²) in [4.78, 5) is 24.7. The lowest BCUT2D eigenvalue weighted by atomic mass is 9.89. The summed E-state index contributed by atoms with van der Waals surface area (Å²) < 4.78 is 0.